The molecular weight excluding hydrogens is 318 g/mol. The van der Waals surface area contributed by atoms with E-state index in [0.29, 0.717) is 0 Å². The first kappa shape index (κ1) is 13.5. The zero-order valence-electron chi connectivity index (χ0n) is 11.7. The van der Waals surface area contributed by atoms with Gasteiger partial charge < -0.3 is 10.1 Å². The van der Waals surface area contributed by atoms with Gasteiger partial charge in [0, 0.05) is 23.3 Å². The lowest BCUT2D eigenvalue weighted by Gasteiger charge is -2.19. The first-order chi connectivity index (χ1) is 9.63. The molecule has 0 spiro atoms. The molecule has 5 heteroatoms. The van der Waals surface area contributed by atoms with E-state index in [0.717, 1.165) is 41.1 Å². The largest absolute Gasteiger partial charge is 0.493 e. The zero-order chi connectivity index (χ0) is 14.1. The molecule has 1 atom stereocenters. The van der Waals surface area contributed by atoms with E-state index >= 15 is 0 Å². The van der Waals surface area contributed by atoms with E-state index in [4.69, 9.17) is 4.74 Å². The Balaban J connectivity index is 1.92. The monoisotopic (exact) mass is 335 g/mol. The Morgan fingerprint density at radius 3 is 3.05 bits per heavy atom. The summed E-state index contributed by atoms with van der Waals surface area (Å²) < 4.78 is 8.73. The molecule has 106 valence electrons. The highest BCUT2D eigenvalue weighted by Crippen LogP contribution is 2.36. The molecule has 1 aliphatic heterocycles. The molecule has 4 nitrogen and oxygen atoms in total. The van der Waals surface area contributed by atoms with Crippen LogP contribution in [0.3, 0.4) is 0 Å². The molecule has 2 aromatic rings. The van der Waals surface area contributed by atoms with Gasteiger partial charge in [0.15, 0.2) is 0 Å². The van der Waals surface area contributed by atoms with Crippen molar-refractivity contribution >= 4 is 21.6 Å². The van der Waals surface area contributed by atoms with Crippen molar-refractivity contribution < 1.29 is 4.74 Å². The van der Waals surface area contributed by atoms with Crippen LogP contribution in [0.4, 0.5) is 5.69 Å². The van der Waals surface area contributed by atoms with Gasteiger partial charge in [-0.15, -0.1) is 0 Å². The lowest BCUT2D eigenvalue weighted by Crippen LogP contribution is -2.10. The van der Waals surface area contributed by atoms with Crippen LogP contribution in [0.25, 0.3) is 0 Å². The summed E-state index contributed by atoms with van der Waals surface area (Å²) in [5.41, 5.74) is 3.33. The fourth-order valence-electron chi connectivity index (χ4n) is 2.63. The van der Waals surface area contributed by atoms with Crippen LogP contribution in [0.1, 0.15) is 30.1 Å². The average Bonchev–Trinajstić information content (AvgIpc) is 2.60. The predicted octanol–water partition coefficient (Wildman–Crippen LogP) is 3.82. The maximum Gasteiger partial charge on any atom is 0.125 e. The second-order valence-electron chi connectivity index (χ2n) is 5.17. The van der Waals surface area contributed by atoms with E-state index in [1.54, 1.807) is 0 Å². The summed E-state index contributed by atoms with van der Waals surface area (Å²) in [4.78, 5) is 0. The molecule has 0 saturated heterocycles. The number of hydrogen-bond donors (Lipinski definition) is 1. The van der Waals surface area contributed by atoms with Gasteiger partial charge >= 0.3 is 0 Å². The van der Waals surface area contributed by atoms with E-state index < -0.39 is 0 Å². The third-order valence-electron chi connectivity index (χ3n) is 3.59. The van der Waals surface area contributed by atoms with Crippen LogP contribution in [-0.2, 0) is 7.05 Å². The molecule has 20 heavy (non-hydrogen) atoms. The molecule has 0 fully saturated rings. The number of ether oxygens (including phenoxy) is 1. The van der Waals surface area contributed by atoms with Gasteiger partial charge in [-0.1, -0.05) is 22.0 Å². The minimum absolute atomic E-state index is 0.267. The van der Waals surface area contributed by atoms with Crippen LogP contribution in [0.2, 0.25) is 0 Å². The van der Waals surface area contributed by atoms with E-state index in [1.807, 2.05) is 30.9 Å². The van der Waals surface area contributed by atoms with Crippen LogP contribution in [0.15, 0.2) is 28.9 Å². The minimum Gasteiger partial charge on any atom is -0.493 e. The smallest absolute Gasteiger partial charge is 0.125 e. The lowest BCUT2D eigenvalue weighted by atomic mass is 10.0. The highest BCUT2D eigenvalue weighted by atomic mass is 79.9. The fourth-order valence-corrected chi connectivity index (χ4v) is 2.97. The summed E-state index contributed by atoms with van der Waals surface area (Å²) in [6, 6.07) is 6.51. The first-order valence-corrected chi connectivity index (χ1v) is 7.62. The summed E-state index contributed by atoms with van der Waals surface area (Å²) in [5, 5.41) is 7.99. The Hall–Kier alpha value is -1.49. The molecule has 0 bridgehead atoms. The summed E-state index contributed by atoms with van der Waals surface area (Å²) in [6.07, 6.45) is 4.13. The van der Waals surface area contributed by atoms with Crippen LogP contribution in [-0.4, -0.2) is 16.4 Å². The molecular formula is C15H18BrN3O. The highest BCUT2D eigenvalue weighted by molar-refractivity contribution is 9.10. The first-order valence-electron chi connectivity index (χ1n) is 6.82. The number of rotatable bonds is 2. The second kappa shape index (κ2) is 5.48. The highest BCUT2D eigenvalue weighted by Gasteiger charge is 2.21. The minimum atomic E-state index is 0.267. The third-order valence-corrected chi connectivity index (χ3v) is 4.08. The number of hydrogen-bond acceptors (Lipinski definition) is 3. The second-order valence-corrected chi connectivity index (χ2v) is 6.09. The van der Waals surface area contributed by atoms with E-state index in [1.165, 1.54) is 5.56 Å². The number of benzene rings is 1. The Kier molecular flexibility index (Phi) is 3.70. The van der Waals surface area contributed by atoms with Crippen molar-refractivity contribution in [2.24, 2.45) is 7.05 Å². The molecule has 1 aliphatic rings. The van der Waals surface area contributed by atoms with Crippen LogP contribution in [0, 0.1) is 6.92 Å². The molecule has 1 N–H and O–H groups in total. The number of aryl methyl sites for hydroxylation is 2. The Bertz CT molecular complexity index is 624. The van der Waals surface area contributed by atoms with Crippen molar-refractivity contribution in [2.45, 2.75) is 25.8 Å². The Morgan fingerprint density at radius 2 is 2.30 bits per heavy atom. The van der Waals surface area contributed by atoms with Crippen molar-refractivity contribution in [3.63, 3.8) is 0 Å². The standard InChI is InChI=1S/C15H18BrN3O/c1-10-14(9-19(2)18-10)17-13-4-3-7-20-15-8-11(16)5-6-12(13)15/h5-6,8-9,13,17H,3-4,7H2,1-2H3. The number of aromatic nitrogens is 2. The molecule has 2 heterocycles. The van der Waals surface area contributed by atoms with Gasteiger partial charge in [-0.25, -0.2) is 0 Å². The van der Waals surface area contributed by atoms with Crippen LogP contribution in [0.5, 0.6) is 5.75 Å². The molecule has 1 unspecified atom stereocenters. The van der Waals surface area contributed by atoms with Crippen LogP contribution < -0.4 is 10.1 Å². The summed E-state index contributed by atoms with van der Waals surface area (Å²) in [7, 11) is 1.94. The van der Waals surface area contributed by atoms with Gasteiger partial charge in [0.2, 0.25) is 0 Å². The number of nitrogens with zero attached hydrogens (tertiary/aromatic N) is 2. The number of anilines is 1. The molecule has 0 amide bonds. The Labute approximate surface area is 127 Å². The van der Waals surface area contributed by atoms with Crippen molar-refractivity contribution in [1.29, 1.82) is 0 Å². The summed E-state index contributed by atoms with van der Waals surface area (Å²) in [5.74, 6) is 0.968. The van der Waals surface area contributed by atoms with Crippen molar-refractivity contribution in [3.8, 4) is 5.75 Å². The van der Waals surface area contributed by atoms with Gasteiger partial charge in [0.05, 0.1) is 24.0 Å². The predicted molar refractivity (Wildman–Crippen MR) is 83.2 cm³/mol. The number of nitrogens with one attached hydrogen (secondary N) is 1. The van der Waals surface area contributed by atoms with E-state index in [-0.39, 0.29) is 6.04 Å². The van der Waals surface area contributed by atoms with Gasteiger partial charge in [-0.2, -0.15) is 5.10 Å². The Morgan fingerprint density at radius 1 is 1.45 bits per heavy atom. The molecule has 1 aromatic heterocycles. The molecule has 1 aromatic carbocycles. The van der Waals surface area contributed by atoms with E-state index in [2.05, 4.69) is 38.5 Å². The normalized spacial score (nSPS) is 18.1. The SMILES string of the molecule is Cc1nn(C)cc1NC1CCCOc2cc(Br)ccc21. The van der Waals surface area contributed by atoms with Crippen molar-refractivity contribution in [3.05, 3.63) is 40.1 Å². The van der Waals surface area contributed by atoms with Crippen molar-refractivity contribution in [1.82, 2.24) is 9.78 Å². The molecule has 0 radical (unpaired) electrons. The number of halogens is 1. The summed E-state index contributed by atoms with van der Waals surface area (Å²) >= 11 is 3.50. The fraction of sp³-hybridized carbons (Fsp3) is 0.400. The van der Waals surface area contributed by atoms with Gasteiger partial charge in [-0.3, -0.25) is 4.68 Å². The van der Waals surface area contributed by atoms with Crippen molar-refractivity contribution in [2.75, 3.05) is 11.9 Å². The lowest BCUT2D eigenvalue weighted by molar-refractivity contribution is 0.316. The third kappa shape index (κ3) is 2.68. The van der Waals surface area contributed by atoms with Crippen LogP contribution >= 0.6 is 15.9 Å². The maximum atomic E-state index is 5.84. The molecule has 0 saturated carbocycles. The quantitative estimate of drug-likeness (QED) is 0.906. The van der Waals surface area contributed by atoms with E-state index in [9.17, 15) is 0 Å². The number of fused-ring (bicyclic) bond motifs is 1. The topological polar surface area (TPSA) is 39.1 Å². The zero-order valence-corrected chi connectivity index (χ0v) is 13.3. The maximum absolute atomic E-state index is 5.84. The summed E-state index contributed by atoms with van der Waals surface area (Å²) in [6.45, 7) is 2.80. The van der Waals surface area contributed by atoms with Gasteiger partial charge in [0.25, 0.3) is 0 Å². The van der Waals surface area contributed by atoms with Gasteiger partial charge in [0.1, 0.15) is 5.75 Å². The molecule has 3 rings (SSSR count). The average molecular weight is 336 g/mol. The molecule has 0 aliphatic carbocycles. The van der Waals surface area contributed by atoms with Gasteiger partial charge in [-0.05, 0) is 31.9 Å².